The summed E-state index contributed by atoms with van der Waals surface area (Å²) in [6, 6.07) is 14.8. The molecular formula is C25H26ClFN2O4S. The van der Waals surface area contributed by atoms with Gasteiger partial charge in [-0.3, -0.25) is 9.69 Å². The highest BCUT2D eigenvalue weighted by Crippen LogP contribution is 2.28. The molecule has 0 spiro atoms. The topological polar surface area (TPSA) is 71.0 Å². The number of carbonyl (C=O) groups excluding carboxylic acids is 1. The van der Waals surface area contributed by atoms with Gasteiger partial charge >= 0.3 is 0 Å². The molecule has 3 aromatic rings. The molecule has 2 heterocycles. The van der Waals surface area contributed by atoms with E-state index in [1.165, 1.54) is 23.5 Å². The molecule has 34 heavy (non-hydrogen) atoms. The summed E-state index contributed by atoms with van der Waals surface area (Å²) in [5.74, 6) is 0.566. The van der Waals surface area contributed by atoms with E-state index in [1.54, 1.807) is 30.3 Å². The van der Waals surface area contributed by atoms with Gasteiger partial charge in [0.1, 0.15) is 36.1 Å². The molecule has 1 aliphatic rings. The molecule has 0 saturated carbocycles. The van der Waals surface area contributed by atoms with Crippen LogP contribution in [0.15, 0.2) is 54.6 Å². The van der Waals surface area contributed by atoms with Crippen molar-refractivity contribution in [2.75, 3.05) is 31.6 Å². The molecule has 9 heteroatoms. The summed E-state index contributed by atoms with van der Waals surface area (Å²) in [6.45, 7) is 3.91. The number of benzene rings is 2. The molecule has 2 atom stereocenters. The third-order valence-electron chi connectivity index (χ3n) is 5.43. The van der Waals surface area contributed by atoms with Gasteiger partial charge in [0, 0.05) is 19.6 Å². The average molecular weight is 505 g/mol. The molecule has 1 amide bonds. The summed E-state index contributed by atoms with van der Waals surface area (Å²) >= 11 is 7.13. The lowest BCUT2D eigenvalue weighted by Crippen LogP contribution is -2.35. The number of aliphatic hydroxyl groups is 1. The monoisotopic (exact) mass is 504 g/mol. The van der Waals surface area contributed by atoms with Gasteiger partial charge in [-0.2, -0.15) is 0 Å². The summed E-state index contributed by atoms with van der Waals surface area (Å²) < 4.78 is 25.4. The van der Waals surface area contributed by atoms with Crippen LogP contribution in [0.3, 0.4) is 0 Å². The molecule has 2 unspecified atom stereocenters. The Balaban J connectivity index is 1.28. The minimum atomic E-state index is -0.718. The molecule has 0 aliphatic carbocycles. The molecule has 180 valence electrons. The normalized spacial score (nSPS) is 16.9. The highest BCUT2D eigenvalue weighted by molar-refractivity contribution is 7.18. The zero-order valence-corrected chi connectivity index (χ0v) is 20.2. The second-order valence-electron chi connectivity index (χ2n) is 8.26. The SMILES string of the molecule is Cc1ccc(NC(=O)c2ccc(Cl)s2)c(OCC(O)CN2CCC(Oc3ccc(F)cc3)C2)c1. The van der Waals surface area contributed by atoms with Crippen LogP contribution in [0.1, 0.15) is 21.7 Å². The van der Waals surface area contributed by atoms with Crippen molar-refractivity contribution >= 4 is 34.5 Å². The Morgan fingerprint density at radius 2 is 2.06 bits per heavy atom. The smallest absolute Gasteiger partial charge is 0.265 e. The van der Waals surface area contributed by atoms with Crippen molar-refractivity contribution in [3.8, 4) is 11.5 Å². The van der Waals surface area contributed by atoms with E-state index in [1.807, 2.05) is 19.1 Å². The predicted molar refractivity (Wildman–Crippen MR) is 132 cm³/mol. The number of hydrogen-bond acceptors (Lipinski definition) is 6. The molecule has 1 saturated heterocycles. The molecule has 2 aromatic carbocycles. The average Bonchev–Trinajstić information content (AvgIpc) is 3.44. The van der Waals surface area contributed by atoms with Crippen LogP contribution in [-0.4, -0.2) is 54.4 Å². The van der Waals surface area contributed by atoms with E-state index in [9.17, 15) is 14.3 Å². The number of thiophene rings is 1. The number of β-amino-alcohol motifs (C(OH)–C–C–N with tert-alkyl or cyclic N) is 1. The number of amides is 1. The number of carbonyl (C=O) groups is 1. The lowest BCUT2D eigenvalue weighted by atomic mass is 10.2. The van der Waals surface area contributed by atoms with Crippen LogP contribution < -0.4 is 14.8 Å². The van der Waals surface area contributed by atoms with Crippen LogP contribution in [0.5, 0.6) is 11.5 Å². The third-order valence-corrected chi connectivity index (χ3v) is 6.66. The zero-order chi connectivity index (χ0) is 24.1. The van der Waals surface area contributed by atoms with E-state index in [0.29, 0.717) is 39.5 Å². The number of nitrogens with one attached hydrogen (secondary N) is 1. The van der Waals surface area contributed by atoms with Crippen LogP contribution in [0.2, 0.25) is 4.34 Å². The van der Waals surface area contributed by atoms with Gasteiger partial charge in [0.15, 0.2) is 0 Å². The number of anilines is 1. The number of nitrogens with zero attached hydrogens (tertiary/aromatic N) is 1. The first-order valence-electron chi connectivity index (χ1n) is 11.0. The Bertz CT molecular complexity index is 1120. The molecule has 1 fully saturated rings. The van der Waals surface area contributed by atoms with E-state index in [2.05, 4.69) is 10.2 Å². The van der Waals surface area contributed by atoms with Crippen LogP contribution >= 0.6 is 22.9 Å². The number of aliphatic hydroxyl groups excluding tert-OH is 1. The van der Waals surface area contributed by atoms with Gasteiger partial charge in [-0.25, -0.2) is 4.39 Å². The molecule has 1 aromatic heterocycles. The summed E-state index contributed by atoms with van der Waals surface area (Å²) in [5.41, 5.74) is 1.50. The van der Waals surface area contributed by atoms with Gasteiger partial charge in [0.2, 0.25) is 0 Å². The number of hydrogen-bond donors (Lipinski definition) is 2. The summed E-state index contributed by atoms with van der Waals surface area (Å²) in [5, 5.41) is 13.4. The van der Waals surface area contributed by atoms with Gasteiger partial charge in [0.25, 0.3) is 5.91 Å². The Labute approximate surface area is 206 Å². The first-order chi connectivity index (χ1) is 16.4. The Hall–Kier alpha value is -2.65. The standard InChI is InChI=1S/C25H26ClFN2O4S/c1-16-2-7-21(28-25(31)23-8-9-24(26)34-23)22(12-16)32-15-18(30)13-29-11-10-20(14-29)33-19-5-3-17(27)4-6-19/h2-9,12,18,20,30H,10-11,13-15H2,1H3,(H,28,31). The fourth-order valence-corrected chi connectivity index (χ4v) is 4.71. The van der Waals surface area contributed by atoms with Crippen molar-refractivity contribution in [3.05, 3.63) is 75.2 Å². The number of halogens is 2. The third kappa shape index (κ3) is 6.70. The molecule has 6 nitrogen and oxygen atoms in total. The van der Waals surface area contributed by atoms with Crippen LogP contribution in [0.25, 0.3) is 0 Å². The van der Waals surface area contributed by atoms with Crippen LogP contribution in [0.4, 0.5) is 10.1 Å². The second kappa shape index (κ2) is 11.2. The summed E-state index contributed by atoms with van der Waals surface area (Å²) in [7, 11) is 0. The Morgan fingerprint density at radius 3 is 2.79 bits per heavy atom. The number of aryl methyl sites for hydroxylation is 1. The van der Waals surface area contributed by atoms with E-state index >= 15 is 0 Å². The maximum atomic E-state index is 13.1. The number of likely N-dealkylation sites (tertiary alicyclic amines) is 1. The highest BCUT2D eigenvalue weighted by atomic mass is 35.5. The minimum absolute atomic E-state index is 0.0112. The maximum Gasteiger partial charge on any atom is 0.265 e. The summed E-state index contributed by atoms with van der Waals surface area (Å²) in [4.78, 5) is 15.1. The molecule has 2 N–H and O–H groups in total. The van der Waals surface area contributed by atoms with Crippen molar-refractivity contribution in [2.24, 2.45) is 0 Å². The van der Waals surface area contributed by atoms with E-state index in [0.717, 1.165) is 18.5 Å². The Morgan fingerprint density at radius 1 is 1.26 bits per heavy atom. The van der Waals surface area contributed by atoms with E-state index < -0.39 is 6.10 Å². The van der Waals surface area contributed by atoms with E-state index in [4.69, 9.17) is 21.1 Å². The van der Waals surface area contributed by atoms with Crippen LogP contribution in [-0.2, 0) is 0 Å². The molecule has 4 rings (SSSR count). The lowest BCUT2D eigenvalue weighted by Gasteiger charge is -2.21. The second-order valence-corrected chi connectivity index (χ2v) is 9.98. The number of rotatable bonds is 9. The van der Waals surface area contributed by atoms with E-state index in [-0.39, 0.29) is 24.4 Å². The van der Waals surface area contributed by atoms with Crippen LogP contribution in [0, 0.1) is 12.7 Å². The molecule has 0 radical (unpaired) electrons. The number of ether oxygens (including phenoxy) is 2. The Kier molecular flexibility index (Phi) is 8.05. The fourth-order valence-electron chi connectivity index (χ4n) is 3.77. The van der Waals surface area contributed by atoms with Gasteiger partial charge < -0.3 is 19.9 Å². The van der Waals surface area contributed by atoms with Crippen molar-refractivity contribution < 1.29 is 23.8 Å². The first-order valence-corrected chi connectivity index (χ1v) is 12.2. The first kappa shape index (κ1) is 24.5. The predicted octanol–water partition coefficient (Wildman–Crippen LogP) is 4.99. The fraction of sp³-hybridized carbons (Fsp3) is 0.320. The van der Waals surface area contributed by atoms with Crippen molar-refractivity contribution in [2.45, 2.75) is 25.6 Å². The van der Waals surface area contributed by atoms with Gasteiger partial charge in [-0.05, 0) is 67.4 Å². The molecular weight excluding hydrogens is 479 g/mol. The molecule has 0 bridgehead atoms. The maximum absolute atomic E-state index is 13.1. The van der Waals surface area contributed by atoms with Crippen molar-refractivity contribution in [3.63, 3.8) is 0 Å². The lowest BCUT2D eigenvalue weighted by molar-refractivity contribution is 0.0722. The minimum Gasteiger partial charge on any atom is -0.489 e. The van der Waals surface area contributed by atoms with Gasteiger partial charge in [0.05, 0.1) is 14.9 Å². The molecule has 1 aliphatic heterocycles. The van der Waals surface area contributed by atoms with Crippen molar-refractivity contribution in [1.82, 2.24) is 4.90 Å². The van der Waals surface area contributed by atoms with Crippen molar-refractivity contribution in [1.29, 1.82) is 0 Å². The van der Waals surface area contributed by atoms with Gasteiger partial charge in [-0.1, -0.05) is 17.7 Å². The largest absolute Gasteiger partial charge is 0.489 e. The van der Waals surface area contributed by atoms with Gasteiger partial charge in [-0.15, -0.1) is 11.3 Å². The zero-order valence-electron chi connectivity index (χ0n) is 18.7. The quantitative estimate of drug-likeness (QED) is 0.429. The summed E-state index contributed by atoms with van der Waals surface area (Å²) in [6.07, 6.45) is 0.0961. The highest BCUT2D eigenvalue weighted by Gasteiger charge is 2.26.